The quantitative estimate of drug-likeness (QED) is 0.712. The van der Waals surface area contributed by atoms with Crippen molar-refractivity contribution in [2.45, 2.75) is 31.7 Å². The zero-order chi connectivity index (χ0) is 19.7. The molecular formula is C20H28BrN3O4. The molecule has 154 valence electrons. The van der Waals surface area contributed by atoms with Gasteiger partial charge in [0.2, 0.25) is 18.4 Å². The Hall–Kier alpha value is -1.51. The Kier molecular flexibility index (Phi) is 5.99. The molecule has 0 bridgehead atoms. The predicted molar refractivity (Wildman–Crippen MR) is 109 cm³/mol. The maximum atomic E-state index is 12.7. The summed E-state index contributed by atoms with van der Waals surface area (Å²) in [6.45, 7) is 4.98. The van der Waals surface area contributed by atoms with Crippen molar-refractivity contribution < 1.29 is 19.0 Å². The molecule has 0 spiro atoms. The van der Waals surface area contributed by atoms with Gasteiger partial charge >= 0.3 is 0 Å². The number of amides is 1. The van der Waals surface area contributed by atoms with Crippen LogP contribution < -0.4 is 19.5 Å². The minimum absolute atomic E-state index is 0.0590. The normalized spacial score (nSPS) is 21.6. The van der Waals surface area contributed by atoms with E-state index in [0.717, 1.165) is 48.2 Å². The average Bonchev–Trinajstić information content (AvgIpc) is 3.36. The number of likely N-dealkylation sites (N-methyl/N-ethyl adjacent to an activating group) is 1. The van der Waals surface area contributed by atoms with Gasteiger partial charge in [0.1, 0.15) is 0 Å². The molecule has 8 heteroatoms. The Morgan fingerprint density at radius 1 is 1.25 bits per heavy atom. The second-order valence-corrected chi connectivity index (χ2v) is 8.45. The first kappa shape index (κ1) is 19.8. The van der Waals surface area contributed by atoms with E-state index in [4.69, 9.17) is 14.2 Å². The molecule has 0 radical (unpaired) electrons. The van der Waals surface area contributed by atoms with E-state index in [1.165, 1.54) is 12.8 Å². The minimum atomic E-state index is -0.0590. The van der Waals surface area contributed by atoms with Crippen LogP contribution in [0.15, 0.2) is 4.47 Å². The summed E-state index contributed by atoms with van der Waals surface area (Å²) < 4.78 is 18.0. The summed E-state index contributed by atoms with van der Waals surface area (Å²) in [6, 6.07) is -0.0590. The third kappa shape index (κ3) is 3.69. The van der Waals surface area contributed by atoms with Crippen LogP contribution in [0.3, 0.4) is 0 Å². The van der Waals surface area contributed by atoms with Crippen molar-refractivity contribution in [1.29, 1.82) is 0 Å². The minimum Gasteiger partial charge on any atom is -0.492 e. The fraction of sp³-hybridized carbons (Fsp3) is 0.650. The Balaban J connectivity index is 1.52. The summed E-state index contributed by atoms with van der Waals surface area (Å²) in [6.07, 6.45) is 3.79. The molecule has 3 aliphatic heterocycles. The molecule has 3 aliphatic rings. The predicted octanol–water partition coefficient (Wildman–Crippen LogP) is 2.32. The van der Waals surface area contributed by atoms with Gasteiger partial charge in [-0.1, -0.05) is 0 Å². The molecule has 1 aromatic rings. The highest BCUT2D eigenvalue weighted by Gasteiger charge is 2.37. The topological polar surface area (TPSA) is 63.3 Å². The fourth-order valence-electron chi connectivity index (χ4n) is 4.45. The number of halogens is 1. The first-order chi connectivity index (χ1) is 13.6. The summed E-state index contributed by atoms with van der Waals surface area (Å²) in [4.78, 5) is 17.3. The highest BCUT2D eigenvalue weighted by molar-refractivity contribution is 9.10. The first-order valence-electron chi connectivity index (χ1n) is 9.97. The number of methoxy groups -OCH3 is 1. The van der Waals surface area contributed by atoms with Crippen molar-refractivity contribution in [1.82, 2.24) is 15.1 Å². The second kappa shape index (κ2) is 8.47. The second-order valence-electron chi connectivity index (χ2n) is 7.65. The van der Waals surface area contributed by atoms with Crippen LogP contribution in [-0.2, 0) is 11.2 Å². The molecule has 1 fully saturated rings. The average molecular weight is 454 g/mol. The molecule has 1 N–H and O–H groups in total. The third-order valence-electron chi connectivity index (χ3n) is 5.96. The molecule has 1 aromatic carbocycles. The third-order valence-corrected chi connectivity index (χ3v) is 6.80. The van der Waals surface area contributed by atoms with Crippen LogP contribution in [0.5, 0.6) is 17.2 Å². The van der Waals surface area contributed by atoms with E-state index < -0.39 is 0 Å². The van der Waals surface area contributed by atoms with Crippen LogP contribution in [-0.4, -0.2) is 69.4 Å². The van der Waals surface area contributed by atoms with Crippen molar-refractivity contribution in [2.75, 3.05) is 53.7 Å². The molecule has 0 saturated carbocycles. The number of benzene rings is 1. The van der Waals surface area contributed by atoms with Crippen molar-refractivity contribution in [3.8, 4) is 17.2 Å². The molecule has 1 saturated heterocycles. The molecule has 1 unspecified atom stereocenters. The summed E-state index contributed by atoms with van der Waals surface area (Å²) in [5.41, 5.74) is 2.18. The molecule has 28 heavy (non-hydrogen) atoms. The summed E-state index contributed by atoms with van der Waals surface area (Å²) >= 11 is 3.69. The lowest BCUT2D eigenvalue weighted by atomic mass is 9.89. The highest BCUT2D eigenvalue weighted by Crippen LogP contribution is 2.54. The van der Waals surface area contributed by atoms with Crippen molar-refractivity contribution in [2.24, 2.45) is 0 Å². The number of hydrogen-bond acceptors (Lipinski definition) is 6. The number of hydrogen-bond donors (Lipinski definition) is 1. The molecule has 4 rings (SSSR count). The van der Waals surface area contributed by atoms with E-state index in [1.54, 1.807) is 7.11 Å². The number of ether oxygens (including phenoxy) is 3. The summed E-state index contributed by atoms with van der Waals surface area (Å²) in [7, 11) is 3.70. The monoisotopic (exact) mass is 453 g/mol. The van der Waals surface area contributed by atoms with E-state index in [2.05, 4.69) is 38.1 Å². The van der Waals surface area contributed by atoms with Crippen molar-refractivity contribution >= 4 is 21.8 Å². The lowest BCUT2D eigenvalue weighted by molar-refractivity contribution is -0.122. The highest BCUT2D eigenvalue weighted by atomic mass is 79.9. The van der Waals surface area contributed by atoms with Gasteiger partial charge in [-0.25, -0.2) is 0 Å². The van der Waals surface area contributed by atoms with Crippen LogP contribution in [0.4, 0.5) is 0 Å². The number of carbonyl (C=O) groups excluding carboxylic acids is 1. The van der Waals surface area contributed by atoms with Crippen LogP contribution in [0.1, 0.15) is 36.4 Å². The van der Waals surface area contributed by atoms with E-state index in [9.17, 15) is 4.79 Å². The number of nitrogens with one attached hydrogen (secondary N) is 1. The maximum Gasteiger partial charge on any atom is 0.231 e. The lowest BCUT2D eigenvalue weighted by Crippen LogP contribution is -2.38. The zero-order valence-corrected chi connectivity index (χ0v) is 18.1. The molecule has 0 aromatic heterocycles. The van der Waals surface area contributed by atoms with E-state index >= 15 is 0 Å². The standard InChI is InChI=1S/C20H28BrN3O4/c1-23-9-5-13-16(18(26-2)20-19(17(13)21)27-12-28-20)14(23)11-15(25)22-6-10-24-7-3-4-8-24/h14H,3-12H2,1-2H3,(H,22,25). The first-order valence-corrected chi connectivity index (χ1v) is 10.8. The Morgan fingerprint density at radius 3 is 2.75 bits per heavy atom. The van der Waals surface area contributed by atoms with Gasteiger partial charge in [-0.2, -0.15) is 0 Å². The number of likely N-dealkylation sites (tertiary alicyclic amines) is 1. The van der Waals surface area contributed by atoms with Crippen LogP contribution in [0.2, 0.25) is 0 Å². The van der Waals surface area contributed by atoms with Gasteiger partial charge in [0.05, 0.1) is 11.6 Å². The van der Waals surface area contributed by atoms with Gasteiger partial charge in [0, 0.05) is 37.7 Å². The molecule has 3 heterocycles. The number of fused-ring (bicyclic) bond motifs is 2. The maximum absolute atomic E-state index is 12.7. The van der Waals surface area contributed by atoms with Crippen molar-refractivity contribution in [3.05, 3.63) is 15.6 Å². The van der Waals surface area contributed by atoms with Crippen LogP contribution in [0, 0.1) is 0 Å². The van der Waals surface area contributed by atoms with Gasteiger partial charge in [0.25, 0.3) is 0 Å². The van der Waals surface area contributed by atoms with Crippen molar-refractivity contribution in [3.63, 3.8) is 0 Å². The van der Waals surface area contributed by atoms with E-state index in [1.807, 2.05) is 0 Å². The zero-order valence-electron chi connectivity index (χ0n) is 16.6. The Bertz CT molecular complexity index is 752. The Morgan fingerprint density at radius 2 is 2.00 bits per heavy atom. The summed E-state index contributed by atoms with van der Waals surface area (Å²) in [5, 5.41) is 3.10. The SMILES string of the molecule is COc1c2c(c(Br)c3c1C(CC(=O)NCCN1CCCC1)N(C)CC3)OCO2. The fourth-order valence-corrected chi connectivity index (χ4v) is 5.16. The van der Waals surface area contributed by atoms with Gasteiger partial charge in [0.15, 0.2) is 11.5 Å². The smallest absolute Gasteiger partial charge is 0.231 e. The largest absolute Gasteiger partial charge is 0.492 e. The van der Waals surface area contributed by atoms with Crippen LogP contribution in [0.25, 0.3) is 0 Å². The molecule has 1 atom stereocenters. The van der Waals surface area contributed by atoms with Gasteiger partial charge in [-0.3, -0.25) is 9.69 Å². The molecule has 0 aliphatic carbocycles. The van der Waals surface area contributed by atoms with Gasteiger partial charge in [-0.05, 0) is 60.9 Å². The Labute approximate surface area is 174 Å². The summed E-state index contributed by atoms with van der Waals surface area (Å²) in [5.74, 6) is 2.09. The lowest BCUT2D eigenvalue weighted by Gasteiger charge is -2.36. The molecular weight excluding hydrogens is 426 g/mol. The van der Waals surface area contributed by atoms with E-state index in [-0.39, 0.29) is 18.7 Å². The number of nitrogens with zero attached hydrogens (tertiary/aromatic N) is 2. The van der Waals surface area contributed by atoms with Gasteiger partial charge in [-0.15, -0.1) is 0 Å². The molecule has 1 amide bonds. The van der Waals surface area contributed by atoms with Crippen LogP contribution >= 0.6 is 15.9 Å². The number of rotatable bonds is 6. The van der Waals surface area contributed by atoms with Gasteiger partial charge < -0.3 is 24.4 Å². The molecule has 7 nitrogen and oxygen atoms in total. The number of carbonyl (C=O) groups is 1. The van der Waals surface area contributed by atoms with E-state index in [0.29, 0.717) is 30.2 Å².